The summed E-state index contributed by atoms with van der Waals surface area (Å²) in [7, 11) is 0. The number of amides is 1. The van der Waals surface area contributed by atoms with E-state index >= 15 is 0 Å². The average Bonchev–Trinajstić information content (AvgIpc) is 2.98. The molecule has 3 N–H and O–H groups in total. The lowest BCUT2D eigenvalue weighted by atomic mass is 9.82. The van der Waals surface area contributed by atoms with E-state index in [0.717, 1.165) is 50.6 Å². The number of nitrogens with zero attached hydrogens (tertiary/aromatic N) is 4. The first-order valence-corrected chi connectivity index (χ1v) is 9.34. The van der Waals surface area contributed by atoms with Gasteiger partial charge in [-0.3, -0.25) is 4.79 Å². The van der Waals surface area contributed by atoms with Gasteiger partial charge < -0.3 is 15.1 Å². The maximum absolute atomic E-state index is 12.1. The highest BCUT2D eigenvalue weighted by molar-refractivity contribution is 5.76. The van der Waals surface area contributed by atoms with Crippen molar-refractivity contribution in [1.82, 2.24) is 30.9 Å². The molecule has 0 aromatic carbocycles. The van der Waals surface area contributed by atoms with Gasteiger partial charge in [-0.2, -0.15) is 15.4 Å². The number of carbonyl (C=O) groups is 1. The molecule has 2 aromatic rings. The van der Waals surface area contributed by atoms with Gasteiger partial charge in [-0.05, 0) is 50.4 Å². The summed E-state index contributed by atoms with van der Waals surface area (Å²) >= 11 is 0. The van der Waals surface area contributed by atoms with Crippen LogP contribution in [0.15, 0.2) is 10.6 Å². The van der Waals surface area contributed by atoms with E-state index in [1.807, 2.05) is 0 Å². The Morgan fingerprint density at radius 3 is 2.92 bits per heavy atom. The second-order valence-electron chi connectivity index (χ2n) is 7.55. The first kappa shape index (κ1) is 17.0. The van der Waals surface area contributed by atoms with Crippen molar-refractivity contribution < 1.29 is 9.21 Å². The maximum Gasteiger partial charge on any atom is 0.315 e. The van der Waals surface area contributed by atoms with Crippen molar-refractivity contribution in [3.63, 3.8) is 0 Å². The van der Waals surface area contributed by atoms with E-state index in [-0.39, 0.29) is 5.91 Å². The van der Waals surface area contributed by atoms with Crippen molar-refractivity contribution in [2.24, 2.45) is 5.41 Å². The number of hydrogen-bond acceptors (Lipinski definition) is 7. The van der Waals surface area contributed by atoms with Crippen LogP contribution in [0.3, 0.4) is 0 Å². The zero-order valence-electron chi connectivity index (χ0n) is 15.0. The van der Waals surface area contributed by atoms with Crippen molar-refractivity contribution in [1.29, 1.82) is 0 Å². The number of aromatic amines is 1. The van der Waals surface area contributed by atoms with E-state index in [1.54, 1.807) is 13.1 Å². The minimum atomic E-state index is 0.140. The van der Waals surface area contributed by atoms with E-state index in [2.05, 4.69) is 36.2 Å². The molecule has 1 unspecified atom stereocenters. The Morgan fingerprint density at radius 1 is 1.38 bits per heavy atom. The van der Waals surface area contributed by atoms with Crippen LogP contribution in [0.4, 0.5) is 6.01 Å². The predicted molar refractivity (Wildman–Crippen MR) is 93.2 cm³/mol. The first-order chi connectivity index (χ1) is 12.6. The number of aryl methyl sites for hydroxylation is 2. The largest absolute Gasteiger partial charge is 0.408 e. The second-order valence-corrected chi connectivity index (χ2v) is 7.55. The second kappa shape index (κ2) is 7.05. The number of hydrogen-bond donors (Lipinski definition) is 3. The minimum Gasteiger partial charge on any atom is -0.408 e. The van der Waals surface area contributed by atoms with Crippen LogP contribution in [0.5, 0.6) is 0 Å². The Morgan fingerprint density at radius 2 is 2.23 bits per heavy atom. The van der Waals surface area contributed by atoms with Gasteiger partial charge in [0.25, 0.3) is 0 Å². The number of rotatable bonds is 7. The third kappa shape index (κ3) is 3.86. The van der Waals surface area contributed by atoms with E-state index < -0.39 is 0 Å². The molecule has 2 fully saturated rings. The van der Waals surface area contributed by atoms with Crippen LogP contribution in [0.1, 0.15) is 56.5 Å². The lowest BCUT2D eigenvalue weighted by molar-refractivity contribution is -0.122. The van der Waals surface area contributed by atoms with Crippen molar-refractivity contribution in [2.75, 3.05) is 5.32 Å². The highest BCUT2D eigenvalue weighted by Gasteiger charge is 2.55. The van der Waals surface area contributed by atoms with Crippen molar-refractivity contribution in [2.45, 2.75) is 70.4 Å². The Balaban J connectivity index is 1.15. The summed E-state index contributed by atoms with van der Waals surface area (Å²) in [5.74, 6) is 0.721. The molecule has 9 nitrogen and oxygen atoms in total. The fourth-order valence-corrected chi connectivity index (χ4v) is 4.02. The Labute approximate surface area is 151 Å². The zero-order valence-corrected chi connectivity index (χ0v) is 15.0. The Kier molecular flexibility index (Phi) is 4.60. The third-order valence-corrected chi connectivity index (χ3v) is 5.66. The topological polar surface area (TPSA) is 122 Å². The molecule has 2 aliphatic carbocycles. The van der Waals surface area contributed by atoms with Gasteiger partial charge >= 0.3 is 6.01 Å². The quantitative estimate of drug-likeness (QED) is 0.688. The van der Waals surface area contributed by atoms with Crippen molar-refractivity contribution in [3.8, 4) is 0 Å². The Bertz CT molecular complexity index is 734. The lowest BCUT2D eigenvalue weighted by Gasteiger charge is -2.30. The highest BCUT2D eigenvalue weighted by Crippen LogP contribution is 2.57. The van der Waals surface area contributed by atoms with E-state index in [1.165, 1.54) is 0 Å². The molecule has 1 amide bonds. The average molecular weight is 359 g/mol. The van der Waals surface area contributed by atoms with Crippen molar-refractivity contribution >= 4 is 11.9 Å². The van der Waals surface area contributed by atoms with Gasteiger partial charge in [0.1, 0.15) is 0 Å². The summed E-state index contributed by atoms with van der Waals surface area (Å²) in [6, 6.07) is 1.24. The van der Waals surface area contributed by atoms with Crippen molar-refractivity contribution in [3.05, 3.63) is 17.8 Å². The smallest absolute Gasteiger partial charge is 0.315 e. The SMILES string of the molecule is Cc1nnc(NC2CC23CCC(NC(=O)CCCc2cn[nH]n2)CC3)o1. The van der Waals surface area contributed by atoms with E-state index in [4.69, 9.17) is 4.42 Å². The summed E-state index contributed by atoms with van der Waals surface area (Å²) in [4.78, 5) is 12.1. The molecule has 2 aromatic heterocycles. The van der Waals surface area contributed by atoms with Gasteiger partial charge in [0.15, 0.2) is 0 Å². The first-order valence-electron chi connectivity index (χ1n) is 9.34. The molecule has 1 atom stereocenters. The van der Waals surface area contributed by atoms with Gasteiger partial charge in [-0.15, -0.1) is 5.10 Å². The summed E-state index contributed by atoms with van der Waals surface area (Å²) in [6.45, 7) is 1.79. The van der Waals surface area contributed by atoms with Crippen LogP contribution >= 0.6 is 0 Å². The molecule has 9 heteroatoms. The molecule has 1 spiro atoms. The standard InChI is InChI=1S/C17H25N7O2/c1-11-21-23-16(26-11)20-14-9-17(14)7-5-12(6-8-17)19-15(25)4-2-3-13-10-18-24-22-13/h10,12,14H,2-9H2,1H3,(H,19,25)(H,20,23)(H,18,22,24). The van der Waals surface area contributed by atoms with Crippen LogP contribution in [0.25, 0.3) is 0 Å². The van der Waals surface area contributed by atoms with Gasteiger partial charge in [0.2, 0.25) is 11.8 Å². The predicted octanol–water partition coefficient (Wildman–Crippen LogP) is 1.75. The van der Waals surface area contributed by atoms with Gasteiger partial charge in [0.05, 0.1) is 11.9 Å². The number of aromatic nitrogens is 5. The van der Waals surface area contributed by atoms with Crippen LogP contribution < -0.4 is 10.6 Å². The van der Waals surface area contributed by atoms with Crippen LogP contribution in [0, 0.1) is 12.3 Å². The van der Waals surface area contributed by atoms with Gasteiger partial charge in [-0.1, -0.05) is 5.10 Å². The highest BCUT2D eigenvalue weighted by atomic mass is 16.4. The molecular weight excluding hydrogens is 334 g/mol. The lowest BCUT2D eigenvalue weighted by Crippen LogP contribution is -2.38. The minimum absolute atomic E-state index is 0.140. The van der Waals surface area contributed by atoms with E-state index in [9.17, 15) is 4.79 Å². The van der Waals surface area contributed by atoms with E-state index in [0.29, 0.717) is 35.8 Å². The summed E-state index contributed by atoms with van der Waals surface area (Å²) in [5, 5.41) is 24.8. The van der Waals surface area contributed by atoms with Crippen LogP contribution in [0.2, 0.25) is 0 Å². The number of nitrogens with one attached hydrogen (secondary N) is 3. The third-order valence-electron chi connectivity index (χ3n) is 5.66. The number of carbonyl (C=O) groups excluding carboxylic acids is 1. The zero-order chi connectivity index (χ0) is 18.0. The summed E-state index contributed by atoms with van der Waals surface area (Å²) in [6.07, 6.45) is 9.29. The molecule has 0 bridgehead atoms. The summed E-state index contributed by atoms with van der Waals surface area (Å²) < 4.78 is 5.41. The molecule has 0 saturated heterocycles. The molecule has 0 radical (unpaired) electrons. The fourth-order valence-electron chi connectivity index (χ4n) is 4.02. The molecule has 2 aliphatic rings. The molecule has 4 rings (SSSR count). The Hall–Kier alpha value is -2.45. The van der Waals surface area contributed by atoms with Crippen LogP contribution in [-0.4, -0.2) is 43.6 Å². The summed E-state index contributed by atoms with van der Waals surface area (Å²) in [5.41, 5.74) is 1.25. The molecular formula is C17H25N7O2. The number of H-pyrrole nitrogens is 1. The van der Waals surface area contributed by atoms with Gasteiger partial charge in [-0.25, -0.2) is 0 Å². The number of anilines is 1. The monoisotopic (exact) mass is 359 g/mol. The molecule has 0 aliphatic heterocycles. The molecule has 2 saturated carbocycles. The van der Waals surface area contributed by atoms with Gasteiger partial charge in [0, 0.05) is 25.4 Å². The fraction of sp³-hybridized carbons (Fsp3) is 0.706. The molecule has 140 valence electrons. The maximum atomic E-state index is 12.1. The van der Waals surface area contributed by atoms with Crippen LogP contribution in [-0.2, 0) is 11.2 Å². The molecule has 2 heterocycles. The molecule has 26 heavy (non-hydrogen) atoms. The normalized spacial score (nSPS) is 27.4.